The first-order valence-corrected chi connectivity index (χ1v) is 7.04. The molecular weight excluding hydrogens is 281 g/mol. The van der Waals surface area contributed by atoms with Crippen molar-refractivity contribution in [2.24, 2.45) is 0 Å². The average molecular weight is 297 g/mol. The van der Waals surface area contributed by atoms with E-state index in [1.165, 1.54) is 17.0 Å². The van der Waals surface area contributed by atoms with Crippen molar-refractivity contribution in [3.8, 4) is 0 Å². The minimum atomic E-state index is -0.241. The molecule has 0 atom stereocenters. The fourth-order valence-corrected chi connectivity index (χ4v) is 2.43. The Labute approximate surface area is 127 Å². The fourth-order valence-electron chi connectivity index (χ4n) is 2.43. The molecule has 0 amide bonds. The molecule has 0 unspecified atom stereocenters. The van der Waals surface area contributed by atoms with Crippen LogP contribution < -0.4 is 11.3 Å². The molecule has 1 heterocycles. The largest absolute Gasteiger partial charge is 0.399 e. The van der Waals surface area contributed by atoms with Gasteiger partial charge in [-0.3, -0.25) is 9.36 Å². The number of rotatable bonds is 3. The zero-order valence-electron chi connectivity index (χ0n) is 12.2. The Balaban J connectivity index is 1.89. The van der Waals surface area contributed by atoms with Gasteiger partial charge in [0, 0.05) is 12.2 Å². The lowest BCUT2D eigenvalue weighted by atomic mass is 10.1. The number of halogens is 1. The van der Waals surface area contributed by atoms with Crippen LogP contribution in [0.3, 0.4) is 0 Å². The van der Waals surface area contributed by atoms with Crippen LogP contribution in [0.25, 0.3) is 10.9 Å². The first kappa shape index (κ1) is 14.3. The number of nitrogen functional groups attached to an aromatic ring is 1. The summed E-state index contributed by atoms with van der Waals surface area (Å²) in [6, 6.07) is 10.1. The number of aromatic nitrogens is 2. The van der Waals surface area contributed by atoms with E-state index >= 15 is 0 Å². The highest BCUT2D eigenvalue weighted by Gasteiger charge is 2.07. The van der Waals surface area contributed by atoms with E-state index < -0.39 is 0 Å². The third-order valence-corrected chi connectivity index (χ3v) is 3.68. The lowest BCUT2D eigenvalue weighted by Gasteiger charge is -2.08. The molecule has 2 N–H and O–H groups in total. The van der Waals surface area contributed by atoms with Crippen molar-refractivity contribution in [2.45, 2.75) is 19.9 Å². The van der Waals surface area contributed by atoms with Crippen molar-refractivity contribution >= 4 is 16.6 Å². The number of hydrogen-bond acceptors (Lipinski definition) is 3. The highest BCUT2D eigenvalue weighted by atomic mass is 19.1. The molecule has 112 valence electrons. The van der Waals surface area contributed by atoms with E-state index in [1.54, 1.807) is 24.3 Å². The Hall–Kier alpha value is -2.69. The Morgan fingerprint density at radius 3 is 2.82 bits per heavy atom. The quantitative estimate of drug-likeness (QED) is 0.756. The Morgan fingerprint density at radius 1 is 1.23 bits per heavy atom. The summed E-state index contributed by atoms with van der Waals surface area (Å²) in [6.45, 7) is 2.22. The third-order valence-electron chi connectivity index (χ3n) is 3.68. The van der Waals surface area contributed by atoms with Crippen LogP contribution in [-0.4, -0.2) is 9.55 Å². The summed E-state index contributed by atoms with van der Waals surface area (Å²) >= 11 is 0. The summed E-state index contributed by atoms with van der Waals surface area (Å²) in [7, 11) is 0. The normalized spacial score (nSPS) is 11.0. The van der Waals surface area contributed by atoms with Gasteiger partial charge in [0.05, 0.1) is 17.2 Å². The molecule has 3 aromatic rings. The van der Waals surface area contributed by atoms with Crippen LogP contribution >= 0.6 is 0 Å². The summed E-state index contributed by atoms with van der Waals surface area (Å²) < 4.78 is 15.3. The van der Waals surface area contributed by atoms with Gasteiger partial charge >= 0.3 is 0 Å². The summed E-state index contributed by atoms with van der Waals surface area (Å²) in [5.41, 5.74) is 8.15. The number of hydrogen-bond donors (Lipinski definition) is 1. The van der Waals surface area contributed by atoms with Crippen molar-refractivity contribution < 1.29 is 4.39 Å². The minimum Gasteiger partial charge on any atom is -0.399 e. The van der Waals surface area contributed by atoms with Gasteiger partial charge in [0.15, 0.2) is 0 Å². The van der Waals surface area contributed by atoms with Crippen LogP contribution in [0.1, 0.15) is 11.1 Å². The van der Waals surface area contributed by atoms with Gasteiger partial charge in [0.2, 0.25) is 0 Å². The highest BCUT2D eigenvalue weighted by molar-refractivity contribution is 5.80. The number of nitrogens with two attached hydrogens (primary N) is 1. The Morgan fingerprint density at radius 2 is 2.05 bits per heavy atom. The van der Waals surface area contributed by atoms with E-state index in [4.69, 9.17) is 5.73 Å². The molecular formula is C17H16FN3O. The molecule has 1 aromatic heterocycles. The molecule has 0 radical (unpaired) electrons. The second-order valence-corrected chi connectivity index (χ2v) is 5.36. The van der Waals surface area contributed by atoms with Gasteiger partial charge in [-0.15, -0.1) is 0 Å². The SMILES string of the molecule is Cc1ccc(CCn2cnc3cc(N)ccc3c2=O)c(F)c1. The number of aryl methyl sites for hydroxylation is 3. The Kier molecular flexibility index (Phi) is 3.63. The second kappa shape index (κ2) is 5.60. The monoisotopic (exact) mass is 297 g/mol. The van der Waals surface area contributed by atoms with E-state index in [1.807, 2.05) is 13.0 Å². The van der Waals surface area contributed by atoms with E-state index in [0.717, 1.165) is 5.56 Å². The van der Waals surface area contributed by atoms with Crippen LogP contribution in [0.4, 0.5) is 10.1 Å². The second-order valence-electron chi connectivity index (χ2n) is 5.36. The third kappa shape index (κ3) is 2.70. The van der Waals surface area contributed by atoms with Crippen LogP contribution in [0.5, 0.6) is 0 Å². The van der Waals surface area contributed by atoms with Gasteiger partial charge in [-0.05, 0) is 48.7 Å². The molecule has 2 aromatic carbocycles. The van der Waals surface area contributed by atoms with E-state index in [0.29, 0.717) is 35.1 Å². The lowest BCUT2D eigenvalue weighted by Crippen LogP contribution is -2.21. The van der Waals surface area contributed by atoms with E-state index in [9.17, 15) is 9.18 Å². The van der Waals surface area contributed by atoms with Crippen molar-refractivity contribution in [3.05, 3.63) is 70.0 Å². The van der Waals surface area contributed by atoms with E-state index in [2.05, 4.69) is 4.98 Å². The summed E-state index contributed by atoms with van der Waals surface area (Å²) in [5.74, 6) is -0.241. The Bertz CT molecular complexity index is 902. The molecule has 22 heavy (non-hydrogen) atoms. The molecule has 0 aliphatic rings. The van der Waals surface area contributed by atoms with Crippen LogP contribution in [0, 0.1) is 12.7 Å². The van der Waals surface area contributed by atoms with Crippen molar-refractivity contribution in [2.75, 3.05) is 5.73 Å². The standard InChI is InChI=1S/C17H16FN3O/c1-11-2-3-12(15(18)8-11)6-7-21-10-20-16-9-13(19)4-5-14(16)17(21)22/h2-5,8-10H,6-7,19H2,1H3. The molecule has 0 bridgehead atoms. The van der Waals surface area contributed by atoms with Gasteiger partial charge in [0.25, 0.3) is 5.56 Å². The van der Waals surface area contributed by atoms with Crippen molar-refractivity contribution in [1.82, 2.24) is 9.55 Å². The van der Waals surface area contributed by atoms with Gasteiger partial charge < -0.3 is 5.73 Å². The smallest absolute Gasteiger partial charge is 0.261 e. The van der Waals surface area contributed by atoms with Gasteiger partial charge in [0.1, 0.15) is 5.82 Å². The lowest BCUT2D eigenvalue weighted by molar-refractivity contribution is 0.586. The molecule has 0 fully saturated rings. The van der Waals surface area contributed by atoms with Gasteiger partial charge in [-0.1, -0.05) is 12.1 Å². The first-order chi connectivity index (χ1) is 10.5. The number of anilines is 1. The molecule has 0 aliphatic carbocycles. The van der Waals surface area contributed by atoms with Gasteiger partial charge in [-0.2, -0.15) is 0 Å². The van der Waals surface area contributed by atoms with Gasteiger partial charge in [-0.25, -0.2) is 9.37 Å². The van der Waals surface area contributed by atoms with E-state index in [-0.39, 0.29) is 11.4 Å². The molecule has 4 nitrogen and oxygen atoms in total. The predicted molar refractivity (Wildman–Crippen MR) is 85.3 cm³/mol. The number of fused-ring (bicyclic) bond motifs is 1. The molecule has 0 saturated heterocycles. The van der Waals surface area contributed by atoms with Crippen molar-refractivity contribution in [1.29, 1.82) is 0 Å². The summed E-state index contributed by atoms with van der Waals surface area (Å²) in [6.07, 6.45) is 1.92. The van der Waals surface area contributed by atoms with Crippen molar-refractivity contribution in [3.63, 3.8) is 0 Å². The predicted octanol–water partition coefficient (Wildman–Crippen LogP) is 2.67. The maximum Gasteiger partial charge on any atom is 0.261 e. The zero-order valence-corrected chi connectivity index (χ0v) is 12.2. The highest BCUT2D eigenvalue weighted by Crippen LogP contribution is 2.13. The molecule has 0 spiro atoms. The zero-order chi connectivity index (χ0) is 15.7. The van der Waals surface area contributed by atoms with Crippen LogP contribution in [0.2, 0.25) is 0 Å². The molecule has 0 aliphatic heterocycles. The first-order valence-electron chi connectivity index (χ1n) is 7.04. The number of nitrogens with zero attached hydrogens (tertiary/aromatic N) is 2. The fraction of sp³-hybridized carbons (Fsp3) is 0.176. The maximum absolute atomic E-state index is 13.8. The topological polar surface area (TPSA) is 60.9 Å². The molecule has 3 rings (SSSR count). The summed E-state index contributed by atoms with van der Waals surface area (Å²) in [4.78, 5) is 16.6. The average Bonchev–Trinajstić information content (AvgIpc) is 2.48. The van der Waals surface area contributed by atoms with Crippen LogP contribution in [-0.2, 0) is 13.0 Å². The molecule has 5 heteroatoms. The maximum atomic E-state index is 13.8. The minimum absolute atomic E-state index is 0.141. The number of benzene rings is 2. The van der Waals surface area contributed by atoms with Crippen LogP contribution in [0.15, 0.2) is 47.5 Å². The summed E-state index contributed by atoms with van der Waals surface area (Å²) in [5, 5.41) is 0.515. The molecule has 0 saturated carbocycles.